The van der Waals surface area contributed by atoms with Gasteiger partial charge in [0.2, 0.25) is 0 Å². The minimum absolute atomic E-state index is 0.00245. The zero-order valence-corrected chi connectivity index (χ0v) is 17.4. The maximum Gasteiger partial charge on any atom is 0.260 e. The zero-order valence-electron chi connectivity index (χ0n) is 16.6. The molecule has 1 N–H and O–H groups in total. The molecule has 0 saturated heterocycles. The molecule has 0 radical (unpaired) electrons. The molecule has 0 aliphatic carbocycles. The number of amides is 2. The molecule has 0 fully saturated rings. The first kappa shape index (κ1) is 19.3. The van der Waals surface area contributed by atoms with Gasteiger partial charge >= 0.3 is 0 Å². The Kier molecular flexibility index (Phi) is 5.09. The number of thiazole rings is 1. The second kappa shape index (κ2) is 8.20. The molecule has 6 nitrogen and oxygen atoms in total. The van der Waals surface area contributed by atoms with Crippen LogP contribution in [0.5, 0.6) is 0 Å². The third-order valence-corrected chi connectivity index (χ3v) is 6.26. The van der Waals surface area contributed by atoms with Crippen LogP contribution in [-0.2, 0) is 13.0 Å². The van der Waals surface area contributed by atoms with Gasteiger partial charge in [-0.25, -0.2) is 4.98 Å². The van der Waals surface area contributed by atoms with Crippen LogP contribution >= 0.6 is 11.3 Å². The normalized spacial score (nSPS) is 13.0. The summed E-state index contributed by atoms with van der Waals surface area (Å²) in [6.07, 6.45) is 3.52. The van der Waals surface area contributed by atoms with Crippen LogP contribution in [0.25, 0.3) is 11.1 Å². The number of nitrogens with one attached hydrogen (secondary N) is 1. The van der Waals surface area contributed by atoms with E-state index in [2.05, 4.69) is 22.4 Å². The van der Waals surface area contributed by atoms with Gasteiger partial charge in [-0.05, 0) is 29.3 Å². The van der Waals surface area contributed by atoms with Gasteiger partial charge < -0.3 is 9.32 Å². The van der Waals surface area contributed by atoms with Crippen molar-refractivity contribution in [2.24, 2.45) is 0 Å². The van der Waals surface area contributed by atoms with Gasteiger partial charge in [-0.2, -0.15) is 0 Å². The minimum atomic E-state index is -0.258. The highest BCUT2D eigenvalue weighted by atomic mass is 32.1. The molecule has 2 aromatic heterocycles. The molecular weight excluding hydrogens is 410 g/mol. The lowest BCUT2D eigenvalue weighted by molar-refractivity contribution is 0.0736. The van der Waals surface area contributed by atoms with E-state index in [-0.39, 0.29) is 11.8 Å². The zero-order chi connectivity index (χ0) is 21.2. The Bertz CT molecular complexity index is 1210. The summed E-state index contributed by atoms with van der Waals surface area (Å²) >= 11 is 1.41. The second-order valence-electron chi connectivity index (χ2n) is 7.28. The Balaban J connectivity index is 1.27. The maximum atomic E-state index is 13.0. The first-order chi connectivity index (χ1) is 15.2. The quantitative estimate of drug-likeness (QED) is 0.503. The van der Waals surface area contributed by atoms with E-state index in [1.165, 1.54) is 23.9 Å². The topological polar surface area (TPSA) is 75.4 Å². The fourth-order valence-electron chi connectivity index (χ4n) is 3.60. The first-order valence-electron chi connectivity index (χ1n) is 9.94. The third-order valence-electron chi connectivity index (χ3n) is 5.26. The van der Waals surface area contributed by atoms with Crippen LogP contribution in [0.1, 0.15) is 31.3 Å². The van der Waals surface area contributed by atoms with E-state index in [4.69, 9.17) is 4.42 Å². The lowest BCUT2D eigenvalue weighted by Crippen LogP contribution is -2.35. The first-order valence-corrected chi connectivity index (χ1v) is 10.8. The van der Waals surface area contributed by atoms with E-state index >= 15 is 0 Å². The molecule has 7 heteroatoms. The molecule has 0 spiro atoms. The van der Waals surface area contributed by atoms with Crippen molar-refractivity contribution in [2.75, 3.05) is 11.9 Å². The van der Waals surface area contributed by atoms with E-state index in [9.17, 15) is 9.59 Å². The Morgan fingerprint density at radius 3 is 2.48 bits per heavy atom. The van der Waals surface area contributed by atoms with Crippen molar-refractivity contribution >= 4 is 28.3 Å². The standard InChI is InChI=1S/C24H19N3O3S/c28-22(19-11-13-30-15-19)26-24-25-20-10-12-27(14-21(20)31-24)23(29)18-8-6-17(7-9-18)16-4-2-1-3-5-16/h1-9,11,13,15H,10,12,14H2,(H,25,26,28). The molecule has 0 atom stereocenters. The summed E-state index contributed by atoms with van der Waals surface area (Å²) < 4.78 is 4.95. The van der Waals surface area contributed by atoms with Crippen LogP contribution < -0.4 is 5.32 Å². The van der Waals surface area contributed by atoms with E-state index in [0.717, 1.165) is 21.7 Å². The molecular formula is C24H19N3O3S. The van der Waals surface area contributed by atoms with Crippen LogP contribution in [0, 0.1) is 0 Å². The maximum absolute atomic E-state index is 13.0. The summed E-state index contributed by atoms with van der Waals surface area (Å²) in [7, 11) is 0. The predicted molar refractivity (Wildman–Crippen MR) is 119 cm³/mol. The molecule has 4 aromatic rings. The van der Waals surface area contributed by atoms with Crippen LogP contribution in [0.3, 0.4) is 0 Å². The number of benzene rings is 2. The van der Waals surface area contributed by atoms with Crippen LogP contribution in [0.15, 0.2) is 77.6 Å². The molecule has 2 aromatic carbocycles. The lowest BCUT2D eigenvalue weighted by atomic mass is 10.0. The number of fused-ring (bicyclic) bond motifs is 1. The summed E-state index contributed by atoms with van der Waals surface area (Å²) in [5.74, 6) is -0.256. The van der Waals surface area contributed by atoms with Crippen molar-refractivity contribution in [1.29, 1.82) is 0 Å². The van der Waals surface area contributed by atoms with Crippen molar-refractivity contribution < 1.29 is 14.0 Å². The SMILES string of the molecule is O=C(Nc1nc2c(s1)CN(C(=O)c1ccc(-c3ccccc3)cc1)CC2)c1ccoc1. The van der Waals surface area contributed by atoms with Gasteiger partial charge in [0.05, 0.1) is 24.1 Å². The third kappa shape index (κ3) is 4.00. The van der Waals surface area contributed by atoms with Gasteiger partial charge in [0.1, 0.15) is 6.26 Å². The highest BCUT2D eigenvalue weighted by Gasteiger charge is 2.25. The molecule has 0 bridgehead atoms. The Morgan fingerprint density at radius 2 is 1.74 bits per heavy atom. The van der Waals surface area contributed by atoms with Gasteiger partial charge in [0.25, 0.3) is 11.8 Å². The van der Waals surface area contributed by atoms with E-state index in [1.54, 1.807) is 6.07 Å². The van der Waals surface area contributed by atoms with Gasteiger partial charge in [0, 0.05) is 23.4 Å². The highest BCUT2D eigenvalue weighted by molar-refractivity contribution is 7.15. The average Bonchev–Trinajstić information content (AvgIpc) is 3.48. The smallest absolute Gasteiger partial charge is 0.260 e. The molecule has 3 heterocycles. The molecule has 1 aliphatic heterocycles. The summed E-state index contributed by atoms with van der Waals surface area (Å²) in [5, 5.41) is 3.34. The molecule has 5 rings (SSSR count). The Morgan fingerprint density at radius 1 is 0.968 bits per heavy atom. The largest absolute Gasteiger partial charge is 0.472 e. The number of carbonyl (C=O) groups is 2. The molecule has 31 heavy (non-hydrogen) atoms. The number of nitrogens with zero attached hydrogens (tertiary/aromatic N) is 2. The number of rotatable bonds is 4. The minimum Gasteiger partial charge on any atom is -0.472 e. The fraction of sp³-hybridized carbons (Fsp3) is 0.125. The average molecular weight is 430 g/mol. The number of anilines is 1. The van der Waals surface area contributed by atoms with Crippen molar-refractivity contribution in [3.8, 4) is 11.1 Å². The van der Waals surface area contributed by atoms with E-state index in [0.29, 0.717) is 35.8 Å². The number of hydrogen-bond acceptors (Lipinski definition) is 5. The number of aromatic nitrogens is 1. The van der Waals surface area contributed by atoms with Crippen molar-refractivity contribution in [2.45, 2.75) is 13.0 Å². The molecule has 2 amide bonds. The van der Waals surface area contributed by atoms with E-state index < -0.39 is 0 Å². The number of hydrogen-bond donors (Lipinski definition) is 1. The Hall–Kier alpha value is -3.71. The van der Waals surface area contributed by atoms with Crippen molar-refractivity contribution in [3.05, 3.63) is 94.9 Å². The van der Waals surface area contributed by atoms with Gasteiger partial charge in [0.15, 0.2) is 5.13 Å². The summed E-state index contributed by atoms with van der Waals surface area (Å²) in [6.45, 7) is 1.10. The van der Waals surface area contributed by atoms with Crippen molar-refractivity contribution in [3.63, 3.8) is 0 Å². The Labute approximate surface area is 183 Å². The van der Waals surface area contributed by atoms with Gasteiger partial charge in [-0.3, -0.25) is 14.9 Å². The van der Waals surface area contributed by atoms with Crippen LogP contribution in [-0.4, -0.2) is 28.2 Å². The van der Waals surface area contributed by atoms with Crippen molar-refractivity contribution in [1.82, 2.24) is 9.88 Å². The highest BCUT2D eigenvalue weighted by Crippen LogP contribution is 2.29. The molecule has 1 aliphatic rings. The fourth-order valence-corrected chi connectivity index (χ4v) is 4.62. The second-order valence-corrected chi connectivity index (χ2v) is 8.36. The van der Waals surface area contributed by atoms with E-state index in [1.807, 2.05) is 47.4 Å². The summed E-state index contributed by atoms with van der Waals surface area (Å²) in [5.41, 5.74) is 4.26. The lowest BCUT2D eigenvalue weighted by Gasteiger charge is -2.26. The summed E-state index contributed by atoms with van der Waals surface area (Å²) in [6, 6.07) is 19.4. The van der Waals surface area contributed by atoms with Gasteiger partial charge in [-0.1, -0.05) is 53.8 Å². The van der Waals surface area contributed by atoms with Crippen LogP contribution in [0.2, 0.25) is 0 Å². The molecule has 0 unspecified atom stereocenters. The van der Waals surface area contributed by atoms with Gasteiger partial charge in [-0.15, -0.1) is 0 Å². The molecule has 154 valence electrons. The number of furan rings is 1. The molecule has 0 saturated carbocycles. The monoisotopic (exact) mass is 429 g/mol. The summed E-state index contributed by atoms with van der Waals surface area (Å²) in [4.78, 5) is 32.6. The predicted octanol–water partition coefficient (Wildman–Crippen LogP) is 4.85. The number of carbonyl (C=O) groups excluding carboxylic acids is 2. The van der Waals surface area contributed by atoms with Crippen LogP contribution in [0.4, 0.5) is 5.13 Å².